The fraction of sp³-hybridized carbons (Fsp3) is 0.0455. The van der Waals surface area contributed by atoms with Crippen LogP contribution in [-0.2, 0) is 0 Å². The van der Waals surface area contributed by atoms with E-state index < -0.39 is 0 Å². The van der Waals surface area contributed by atoms with Crippen LogP contribution in [0, 0.1) is 41.5 Å². The number of benzene rings is 19. The van der Waals surface area contributed by atoms with Crippen LogP contribution in [0.1, 0.15) is 33.4 Å². The van der Waals surface area contributed by atoms with Crippen LogP contribution >= 0.6 is 0 Å². The van der Waals surface area contributed by atoms with E-state index in [0.29, 0.717) is 132 Å². The molecule has 0 atom stereocenters. The van der Waals surface area contributed by atoms with Gasteiger partial charge in [0.2, 0.25) is 0 Å². The Bertz CT molecular complexity index is 8820. The van der Waals surface area contributed by atoms with E-state index in [1.807, 2.05) is 260 Å². The third-order valence-corrected chi connectivity index (χ3v) is 27.5. The van der Waals surface area contributed by atoms with Gasteiger partial charge in [-0.15, -0.1) is 0 Å². The first-order valence-electron chi connectivity index (χ1n) is 47.7. The van der Waals surface area contributed by atoms with Crippen molar-refractivity contribution in [1.29, 1.82) is 0 Å². The van der Waals surface area contributed by atoms with E-state index in [1.165, 1.54) is 0 Å². The summed E-state index contributed by atoms with van der Waals surface area (Å²) in [7, 11) is 0. The van der Waals surface area contributed by atoms with Gasteiger partial charge in [0.25, 0.3) is 0 Å². The van der Waals surface area contributed by atoms with Crippen LogP contribution in [-0.4, -0.2) is 0 Å². The Kier molecular flexibility index (Phi) is 24.2. The van der Waals surface area contributed by atoms with E-state index in [9.17, 15) is 28.8 Å². The Morgan fingerprint density at radius 2 is 0.208 bits per heavy atom. The third-order valence-electron chi connectivity index (χ3n) is 27.5. The molecule has 0 radical (unpaired) electrons. The van der Waals surface area contributed by atoms with Crippen molar-refractivity contribution in [3.63, 3.8) is 0 Å². The lowest BCUT2D eigenvalue weighted by Gasteiger charge is -2.15. The van der Waals surface area contributed by atoms with Gasteiger partial charge in [0.1, 0.15) is 67.0 Å². The summed E-state index contributed by atoms with van der Waals surface area (Å²) in [6.07, 6.45) is 0. The molecule has 144 heavy (non-hydrogen) atoms. The molecular weight excluding hydrogens is 1780 g/mol. The smallest absolute Gasteiger partial charge is 0.193 e. The standard InChI is InChI=1S/C132H90O12/c1-79-80(2)98-14-8-20-104(74-98)128(134)92-39-63-116(64-40-92)140-110-51-27-86(28-52-110)122-121(85-25-49-109(50-26-85)139-115-61-37-91(38-62-115)127(133)103-19-7-13-97(79)73-103)123-87-29-53-111(54-30-87)141-117-65-41-93(42-66-117)129(135)105-21-9-15-99(75-105)81(3)82(4)101-17-11-23-107(77-101)131(137)95-45-69-119(70-46-95)143-113-57-33-89(34-58-113)125(123)126-90-35-59-114(60-36-90)144-120-71-47-96(48-72-120)132(138)108-24-12-18-102(78-108)84(6)83(5)100-16-10-22-106(76-100)130(136)94-43-67-118(68-44-94)142-112-55-31-88(32-56-112)124(122)126/h7-78H,1-6H3. The minimum Gasteiger partial charge on any atom is -0.457 e. The molecule has 0 amide bonds. The summed E-state index contributed by atoms with van der Waals surface area (Å²) >= 11 is 0. The van der Waals surface area contributed by atoms with E-state index in [1.54, 1.807) is 146 Å². The first kappa shape index (κ1) is 90.4. The first-order chi connectivity index (χ1) is 70.2. The number of rotatable bonds is 0. The molecule has 0 saturated heterocycles. The third kappa shape index (κ3) is 18.3. The minimum atomic E-state index is -0.166. The fourth-order valence-corrected chi connectivity index (χ4v) is 19.1. The van der Waals surface area contributed by atoms with Crippen molar-refractivity contribution in [1.82, 2.24) is 0 Å². The van der Waals surface area contributed by atoms with E-state index in [0.717, 1.165) is 130 Å². The number of hydrogen-bond acceptors (Lipinski definition) is 12. The number of hydrogen-bond donors (Lipinski definition) is 0. The number of fused-ring (bicyclic) bond motifs is 6. The molecule has 0 N–H and O–H groups in total. The predicted molar refractivity (Wildman–Crippen MR) is 599 cm³/mol. The first-order valence-corrected chi connectivity index (χ1v) is 47.7. The molecular formula is C132H90O12. The van der Waals surface area contributed by atoms with Crippen LogP contribution in [0.15, 0.2) is 492 Å². The molecule has 0 spiro atoms. The zero-order valence-electron chi connectivity index (χ0n) is 79.5. The minimum absolute atomic E-state index is 0.166. The van der Waals surface area contributed by atoms with Crippen LogP contribution < -0.4 is 32.6 Å². The maximum atomic E-state index is 14.6. The van der Waals surface area contributed by atoms with E-state index >= 15 is 0 Å². The molecule has 36 bridgehead atoms. The van der Waals surface area contributed by atoms with Gasteiger partial charge in [-0.25, -0.2) is 0 Å². The molecule has 37 rings (SSSR count). The molecule has 690 valence electrons. The second kappa shape index (κ2) is 38.5. The van der Waals surface area contributed by atoms with Gasteiger partial charge in [0.05, 0.1) is 0 Å². The summed E-state index contributed by atoms with van der Waals surface area (Å²) in [5.74, 6) is 0. The predicted octanol–water partition coefficient (Wildman–Crippen LogP) is 33.3. The highest BCUT2D eigenvalue weighted by Gasteiger charge is 2.18. The van der Waals surface area contributed by atoms with E-state index in [2.05, 4.69) is 72.8 Å². The largest absolute Gasteiger partial charge is 0.457 e. The van der Waals surface area contributed by atoms with Gasteiger partial charge in [-0.3, -0.25) is 28.8 Å². The lowest BCUT2D eigenvalue weighted by molar-refractivity contribution is 0.655. The average molecular weight is 1870 g/mol. The molecule has 0 unspecified atom stereocenters. The van der Waals surface area contributed by atoms with Crippen LogP contribution in [0.2, 0.25) is 0 Å². The van der Waals surface area contributed by atoms with Crippen LogP contribution in [0.5, 0.6) is 0 Å². The molecule has 18 aromatic heterocycles. The van der Waals surface area contributed by atoms with Crippen LogP contribution in [0.25, 0.3) is 229 Å². The summed E-state index contributed by atoms with van der Waals surface area (Å²) < 4.78 is 41.0. The van der Waals surface area contributed by atoms with Crippen molar-refractivity contribution in [2.24, 2.45) is 0 Å². The molecule has 18 heterocycles. The Balaban J connectivity index is 0.898. The van der Waals surface area contributed by atoms with Crippen molar-refractivity contribution >= 4 is 229 Å². The van der Waals surface area contributed by atoms with Gasteiger partial charge in [-0.2, -0.15) is 0 Å². The molecule has 0 aliphatic heterocycles. The molecule has 12 heteroatoms. The van der Waals surface area contributed by atoms with Gasteiger partial charge in [-0.1, -0.05) is 182 Å². The maximum Gasteiger partial charge on any atom is 0.193 e. The molecule has 0 aliphatic rings. The van der Waals surface area contributed by atoms with E-state index in [4.69, 9.17) is 26.5 Å². The van der Waals surface area contributed by atoms with Crippen molar-refractivity contribution in [3.8, 4) is 0 Å². The average Bonchev–Trinajstić information content (AvgIpc) is 0.710. The molecule has 12 nitrogen and oxygen atoms in total. The highest BCUT2D eigenvalue weighted by Crippen LogP contribution is 2.45. The van der Waals surface area contributed by atoms with E-state index in [-0.39, 0.29) is 32.6 Å². The number of aryl methyl sites for hydroxylation is 6. The zero-order valence-corrected chi connectivity index (χ0v) is 79.5. The fourth-order valence-electron chi connectivity index (χ4n) is 19.1. The highest BCUT2D eigenvalue weighted by molar-refractivity contribution is 6.42. The summed E-state index contributed by atoms with van der Waals surface area (Å²) in [5.41, 5.74) is 10.8. The normalized spacial score (nSPS) is 11.3. The summed E-state index contributed by atoms with van der Waals surface area (Å²) in [4.78, 5) is 87.9. The molecule has 0 aliphatic carbocycles. The Morgan fingerprint density at radius 1 is 0.111 bits per heavy atom. The maximum absolute atomic E-state index is 14.6. The molecule has 37 aromatic rings. The molecule has 0 saturated carbocycles. The summed E-state index contributed by atoms with van der Waals surface area (Å²) in [6.45, 7) is 12.2. The lowest BCUT2D eigenvalue weighted by atomic mass is 9.88. The van der Waals surface area contributed by atoms with Crippen LogP contribution in [0.3, 0.4) is 0 Å². The van der Waals surface area contributed by atoms with Crippen LogP contribution in [0.4, 0.5) is 0 Å². The Hall–Kier alpha value is -18.8. The Morgan fingerprint density at radius 3 is 0.319 bits per heavy atom. The van der Waals surface area contributed by atoms with Gasteiger partial charge < -0.3 is 26.5 Å². The summed E-state index contributed by atoms with van der Waals surface area (Å²) in [5, 5.41) is 20.4. The van der Waals surface area contributed by atoms with Crippen molar-refractivity contribution in [2.45, 2.75) is 41.5 Å². The molecule has 0 fully saturated rings. The quantitative estimate of drug-likeness (QED) is 0.140. The second-order valence-electron chi connectivity index (χ2n) is 36.4. The molecule has 19 aromatic carbocycles. The zero-order chi connectivity index (χ0) is 98.3. The van der Waals surface area contributed by atoms with Crippen molar-refractivity contribution in [3.05, 3.63) is 531 Å². The monoisotopic (exact) mass is 1870 g/mol. The van der Waals surface area contributed by atoms with Crippen molar-refractivity contribution < 1.29 is 26.5 Å². The summed E-state index contributed by atoms with van der Waals surface area (Å²) in [6, 6.07) is 137. The lowest BCUT2D eigenvalue weighted by Crippen LogP contribution is -1.98. The van der Waals surface area contributed by atoms with Gasteiger partial charge in [0, 0.05) is 64.6 Å². The Labute approximate surface area is 822 Å². The topological polar surface area (TPSA) is 181 Å². The second-order valence-corrected chi connectivity index (χ2v) is 36.4. The SMILES string of the molecule is Cc1c(C)c2cccc(c2)c(=O)c2ccc(cc2)oc2ccc(cc2)c2c(c3ccc(cc3)oc3ccc(cc3)c(=O)c3cccc1c3)c1c3ccc(cc3)oc3ccc(cc3)c(=O)c3cccc(c3)c(C)c(C)c3cccc(c3)c(=O)c3ccc(cc3)oc3ccc(cc3)c1c1c3ccc(cc3)oc3ccc(cc3)c(=O)c3cccc(c3)c(C)c(C)c3cccc(c3)c(=O)c3ccc(cc3)oc3ccc(cc3)c21. The van der Waals surface area contributed by atoms with Gasteiger partial charge in [0.15, 0.2) is 32.6 Å². The van der Waals surface area contributed by atoms with Gasteiger partial charge in [-0.05, 0) is 427 Å². The van der Waals surface area contributed by atoms with Crippen molar-refractivity contribution in [2.75, 3.05) is 0 Å². The van der Waals surface area contributed by atoms with Gasteiger partial charge >= 0.3 is 0 Å². The highest BCUT2D eigenvalue weighted by atomic mass is 16.3.